The average Bonchev–Trinajstić information content (AvgIpc) is 3.18. The highest BCUT2D eigenvalue weighted by Gasteiger charge is 2.45. The second-order valence-electron chi connectivity index (χ2n) is 10.4. The number of carbonyl (C=O) groups is 1. The highest BCUT2D eigenvalue weighted by atomic mass is 32.2. The summed E-state index contributed by atoms with van der Waals surface area (Å²) in [7, 11) is -2.97. The lowest BCUT2D eigenvalue weighted by Crippen LogP contribution is -2.53. The van der Waals surface area contributed by atoms with Gasteiger partial charge in [-0.2, -0.15) is 13.2 Å². The fraction of sp³-hybridized carbons (Fsp3) is 0.720. The first-order valence-electron chi connectivity index (χ1n) is 12.6. The number of likely N-dealkylation sites (tertiary alicyclic amines) is 2. The number of piperidine rings is 1. The molecule has 7 nitrogen and oxygen atoms in total. The van der Waals surface area contributed by atoms with Crippen molar-refractivity contribution in [3.63, 3.8) is 0 Å². The monoisotopic (exact) mass is 532 g/mol. The molecule has 0 aromatic heterocycles. The zero-order valence-electron chi connectivity index (χ0n) is 20.8. The van der Waals surface area contributed by atoms with Gasteiger partial charge in [0.2, 0.25) is 0 Å². The van der Waals surface area contributed by atoms with Crippen LogP contribution in [0.2, 0.25) is 0 Å². The molecule has 1 atom stereocenters. The Morgan fingerprint density at radius 3 is 2.44 bits per heavy atom. The van der Waals surface area contributed by atoms with Crippen molar-refractivity contribution in [1.82, 2.24) is 9.80 Å². The van der Waals surface area contributed by atoms with E-state index >= 15 is 0 Å². The lowest BCUT2D eigenvalue weighted by atomic mass is 9.85. The van der Waals surface area contributed by atoms with Gasteiger partial charge in [-0.1, -0.05) is 12.1 Å². The van der Waals surface area contributed by atoms with E-state index in [0.717, 1.165) is 43.2 Å². The molecule has 202 valence electrons. The van der Waals surface area contributed by atoms with Crippen molar-refractivity contribution in [3.8, 4) is 5.75 Å². The lowest BCUT2D eigenvalue weighted by Gasteiger charge is -2.45. The fourth-order valence-corrected chi connectivity index (χ4v) is 6.93. The zero-order chi connectivity index (χ0) is 26.1. The molecule has 3 fully saturated rings. The number of hydrogen-bond acceptors (Lipinski definition) is 6. The van der Waals surface area contributed by atoms with Crippen LogP contribution < -0.4 is 4.74 Å². The number of alkyl halides is 3. The predicted molar refractivity (Wildman–Crippen MR) is 129 cm³/mol. The molecule has 0 radical (unpaired) electrons. The Morgan fingerprint density at radius 2 is 1.81 bits per heavy atom. The molecule has 0 aliphatic carbocycles. The molecule has 3 heterocycles. The number of aryl methyl sites for hydroxylation is 1. The van der Waals surface area contributed by atoms with Gasteiger partial charge in [0.1, 0.15) is 11.9 Å². The van der Waals surface area contributed by atoms with Gasteiger partial charge in [-0.25, -0.2) is 13.2 Å². The van der Waals surface area contributed by atoms with E-state index in [4.69, 9.17) is 4.74 Å². The number of carbonyl (C=O) groups excluding carboxylic acids is 1. The minimum Gasteiger partial charge on any atom is -0.490 e. The second-order valence-corrected chi connectivity index (χ2v) is 12.7. The third-order valence-corrected chi connectivity index (χ3v) is 9.53. The van der Waals surface area contributed by atoms with Crippen LogP contribution in [0.3, 0.4) is 0 Å². The topological polar surface area (TPSA) is 76.2 Å². The van der Waals surface area contributed by atoms with Crippen LogP contribution in [-0.2, 0) is 21.1 Å². The highest BCUT2D eigenvalue weighted by Crippen LogP contribution is 2.41. The quantitative estimate of drug-likeness (QED) is 0.557. The third-order valence-electron chi connectivity index (χ3n) is 7.81. The molecule has 1 aromatic carbocycles. The summed E-state index contributed by atoms with van der Waals surface area (Å²) in [4.78, 5) is 16.1. The summed E-state index contributed by atoms with van der Waals surface area (Å²) in [6.07, 6.45) is -3.45. The maximum Gasteiger partial charge on any atom is 0.425 e. The van der Waals surface area contributed by atoms with Gasteiger partial charge >= 0.3 is 12.3 Å². The van der Waals surface area contributed by atoms with Gasteiger partial charge in [0, 0.05) is 30.7 Å². The lowest BCUT2D eigenvalue weighted by molar-refractivity contribution is -0.200. The second kappa shape index (κ2) is 10.4. The van der Waals surface area contributed by atoms with E-state index in [2.05, 4.69) is 15.7 Å². The molecule has 0 bridgehead atoms. The van der Waals surface area contributed by atoms with Crippen molar-refractivity contribution in [2.45, 2.75) is 82.8 Å². The first-order valence-corrected chi connectivity index (χ1v) is 14.4. The summed E-state index contributed by atoms with van der Waals surface area (Å²) in [5.41, 5.74) is 1.98. The normalized spacial score (nSPS) is 23.5. The first kappa shape index (κ1) is 27.0. The van der Waals surface area contributed by atoms with E-state index in [-0.39, 0.29) is 23.1 Å². The molecule has 1 unspecified atom stereocenters. The number of hydrogen-bond donors (Lipinski definition) is 0. The molecular formula is C25H35F3N2O5S. The van der Waals surface area contributed by atoms with Crippen molar-refractivity contribution in [2.24, 2.45) is 0 Å². The number of ether oxygens (including phenoxy) is 2. The number of sulfone groups is 1. The third kappa shape index (κ3) is 6.27. The Kier molecular flexibility index (Phi) is 7.81. The highest BCUT2D eigenvalue weighted by molar-refractivity contribution is 7.91. The summed E-state index contributed by atoms with van der Waals surface area (Å²) < 4.78 is 72.8. The predicted octanol–water partition coefficient (Wildman–Crippen LogP) is 4.47. The Hall–Kier alpha value is -2.01. The van der Waals surface area contributed by atoms with Gasteiger partial charge in [0.15, 0.2) is 15.9 Å². The van der Waals surface area contributed by atoms with E-state index in [9.17, 15) is 26.4 Å². The summed E-state index contributed by atoms with van der Waals surface area (Å²) >= 11 is 0. The number of benzene rings is 1. The molecule has 0 saturated carbocycles. The minimum atomic E-state index is -4.57. The summed E-state index contributed by atoms with van der Waals surface area (Å²) in [5.74, 6) is 1.08. The van der Waals surface area contributed by atoms with Crippen LogP contribution in [0.1, 0.15) is 56.6 Å². The average molecular weight is 533 g/mol. The zero-order valence-corrected chi connectivity index (χ0v) is 21.7. The molecule has 1 aromatic rings. The van der Waals surface area contributed by atoms with Crippen LogP contribution in [0.25, 0.3) is 0 Å². The molecule has 36 heavy (non-hydrogen) atoms. The van der Waals surface area contributed by atoms with Gasteiger partial charge in [-0.3, -0.25) is 4.90 Å². The minimum absolute atomic E-state index is 0.118. The smallest absolute Gasteiger partial charge is 0.425 e. The Balaban J connectivity index is 1.40. The molecule has 3 saturated heterocycles. The van der Waals surface area contributed by atoms with E-state index in [1.807, 2.05) is 19.1 Å². The number of nitrogens with zero attached hydrogens (tertiary/aromatic N) is 2. The Bertz CT molecular complexity index is 1040. The van der Waals surface area contributed by atoms with Gasteiger partial charge in [0.05, 0.1) is 11.5 Å². The van der Waals surface area contributed by atoms with Crippen LogP contribution in [0.4, 0.5) is 18.0 Å². The van der Waals surface area contributed by atoms with Crippen molar-refractivity contribution >= 4 is 15.9 Å². The van der Waals surface area contributed by atoms with E-state index in [0.29, 0.717) is 45.3 Å². The van der Waals surface area contributed by atoms with Gasteiger partial charge in [0.25, 0.3) is 0 Å². The molecule has 1 spiro atoms. The maximum absolute atomic E-state index is 12.8. The molecule has 3 aliphatic rings. The molecule has 4 rings (SSSR count). The Labute approximate surface area is 210 Å². The summed E-state index contributed by atoms with van der Waals surface area (Å²) in [6.45, 7) is 5.10. The van der Waals surface area contributed by atoms with Gasteiger partial charge < -0.3 is 14.4 Å². The summed E-state index contributed by atoms with van der Waals surface area (Å²) in [5, 5.41) is 0. The van der Waals surface area contributed by atoms with Crippen LogP contribution in [-0.4, -0.2) is 79.4 Å². The van der Waals surface area contributed by atoms with E-state index in [1.54, 1.807) is 0 Å². The molecule has 11 heteroatoms. The molecule has 1 amide bonds. The molecule has 0 N–H and O–H groups in total. The van der Waals surface area contributed by atoms with Crippen molar-refractivity contribution in [1.29, 1.82) is 0 Å². The number of halogens is 3. The first-order chi connectivity index (χ1) is 16.9. The van der Waals surface area contributed by atoms with Gasteiger partial charge in [-0.05, 0) is 70.5 Å². The SMILES string of the molecule is Cc1ccc(CN2CCCC23CCN(C(=O)OC(C)C(F)(F)F)CC3)c(OC2CCS(=O)(=O)CC2)c1. The standard InChI is InChI=1S/C25H35F3N2O5S/c1-18-4-5-20(22(16-18)35-21-6-14-36(32,33)15-7-21)17-30-11-3-8-24(30)9-12-29(13-10-24)23(31)34-19(2)25(26,27)28/h4-5,16,19,21H,3,6-15,17H2,1-2H3. The van der Waals surface area contributed by atoms with Gasteiger partial charge in [-0.15, -0.1) is 0 Å². The summed E-state index contributed by atoms with van der Waals surface area (Å²) in [6, 6.07) is 6.10. The fourth-order valence-electron chi connectivity index (χ4n) is 5.48. The van der Waals surface area contributed by atoms with Crippen LogP contribution >= 0.6 is 0 Å². The largest absolute Gasteiger partial charge is 0.490 e. The van der Waals surface area contributed by atoms with Crippen LogP contribution in [0.5, 0.6) is 5.75 Å². The van der Waals surface area contributed by atoms with Crippen molar-refractivity contribution < 1.29 is 35.9 Å². The molecular weight excluding hydrogens is 497 g/mol. The molecule has 3 aliphatic heterocycles. The number of rotatable bonds is 5. The van der Waals surface area contributed by atoms with Crippen molar-refractivity contribution in [3.05, 3.63) is 29.3 Å². The van der Waals surface area contributed by atoms with E-state index < -0.39 is 28.2 Å². The van der Waals surface area contributed by atoms with E-state index in [1.165, 1.54) is 4.90 Å². The van der Waals surface area contributed by atoms with Crippen LogP contribution in [0, 0.1) is 6.92 Å². The van der Waals surface area contributed by atoms with Crippen LogP contribution in [0.15, 0.2) is 18.2 Å². The maximum atomic E-state index is 12.8. The van der Waals surface area contributed by atoms with Crippen molar-refractivity contribution in [2.75, 3.05) is 31.1 Å². The number of amides is 1. The Morgan fingerprint density at radius 1 is 1.14 bits per heavy atom.